The van der Waals surface area contributed by atoms with Gasteiger partial charge in [0.25, 0.3) is 0 Å². The molecule has 3 unspecified atom stereocenters. The highest BCUT2D eigenvalue weighted by atomic mass is 16.3. The smallest absolute Gasteiger partial charge is 0.0550 e. The second-order valence-corrected chi connectivity index (χ2v) is 11.7. The summed E-state index contributed by atoms with van der Waals surface area (Å²) in [6, 6.07) is 0. The summed E-state index contributed by atoms with van der Waals surface area (Å²) in [7, 11) is 0. The number of aliphatic hydroxyl groups is 1. The fourth-order valence-corrected chi connectivity index (χ4v) is 6.92. The predicted octanol–water partition coefficient (Wildman–Crippen LogP) is 7.54. The van der Waals surface area contributed by atoms with Crippen LogP contribution in [0.25, 0.3) is 0 Å². The molecule has 2 saturated carbocycles. The molecule has 32 heavy (non-hydrogen) atoms. The zero-order valence-electron chi connectivity index (χ0n) is 21.8. The molecule has 2 fully saturated rings. The van der Waals surface area contributed by atoms with Crippen LogP contribution in [0, 0.1) is 29.6 Å². The van der Waals surface area contributed by atoms with Gasteiger partial charge in [-0.05, 0) is 61.7 Å². The lowest BCUT2D eigenvalue weighted by Crippen LogP contribution is -2.40. The van der Waals surface area contributed by atoms with Crippen molar-refractivity contribution in [2.75, 3.05) is 0 Å². The van der Waals surface area contributed by atoms with Gasteiger partial charge in [-0.3, -0.25) is 0 Å². The van der Waals surface area contributed by atoms with Crippen LogP contribution in [-0.2, 0) is 0 Å². The van der Waals surface area contributed by atoms with E-state index in [2.05, 4.69) is 13.8 Å². The Bertz CT molecular complexity index is 422. The lowest BCUT2D eigenvalue weighted by Gasteiger charge is -2.37. The first kappa shape index (κ1) is 28.1. The Kier molecular flexibility index (Phi) is 14.5. The highest BCUT2D eigenvalue weighted by Gasteiger charge is 2.31. The van der Waals surface area contributed by atoms with Crippen LogP contribution < -0.4 is 11.5 Å². The maximum Gasteiger partial charge on any atom is 0.0550 e. The molecule has 2 rings (SSSR count). The molecule has 0 aromatic rings. The summed E-state index contributed by atoms with van der Waals surface area (Å²) in [6.45, 7) is 4.54. The maximum absolute atomic E-state index is 11.2. The Morgan fingerprint density at radius 3 is 1.53 bits per heavy atom. The SMILES string of the molecule is CCCCC(CC(O)CC(CCCC)C(CC1CCCCC1)CC1CCCCC1)C(N)N. The molecule has 0 heterocycles. The van der Waals surface area contributed by atoms with Gasteiger partial charge >= 0.3 is 0 Å². The molecule has 0 aromatic heterocycles. The first-order valence-electron chi connectivity index (χ1n) is 14.7. The molecule has 2 aliphatic carbocycles. The summed E-state index contributed by atoms with van der Waals surface area (Å²) in [4.78, 5) is 0. The van der Waals surface area contributed by atoms with Gasteiger partial charge in [0.1, 0.15) is 0 Å². The van der Waals surface area contributed by atoms with E-state index in [0.29, 0.717) is 5.92 Å². The van der Waals surface area contributed by atoms with Gasteiger partial charge < -0.3 is 16.6 Å². The monoisotopic (exact) mass is 450 g/mol. The van der Waals surface area contributed by atoms with Gasteiger partial charge in [-0.25, -0.2) is 0 Å². The third-order valence-electron chi connectivity index (χ3n) is 8.94. The van der Waals surface area contributed by atoms with Gasteiger partial charge in [-0.1, -0.05) is 110 Å². The summed E-state index contributed by atoms with van der Waals surface area (Å²) in [5, 5.41) is 11.2. The van der Waals surface area contributed by atoms with Crippen molar-refractivity contribution in [3.63, 3.8) is 0 Å². The van der Waals surface area contributed by atoms with Crippen molar-refractivity contribution in [1.82, 2.24) is 0 Å². The minimum Gasteiger partial charge on any atom is -0.393 e. The number of unbranched alkanes of at least 4 members (excludes halogenated alkanes) is 2. The van der Waals surface area contributed by atoms with Crippen LogP contribution in [0.15, 0.2) is 0 Å². The lowest BCUT2D eigenvalue weighted by molar-refractivity contribution is 0.0730. The minimum absolute atomic E-state index is 0.242. The molecule has 190 valence electrons. The molecule has 2 aliphatic rings. The molecule has 5 N–H and O–H groups in total. The lowest BCUT2D eigenvalue weighted by atomic mass is 9.70. The van der Waals surface area contributed by atoms with Crippen LogP contribution in [0.3, 0.4) is 0 Å². The van der Waals surface area contributed by atoms with Crippen molar-refractivity contribution in [1.29, 1.82) is 0 Å². The first-order chi connectivity index (χ1) is 15.5. The van der Waals surface area contributed by atoms with Gasteiger partial charge in [0.05, 0.1) is 12.3 Å². The molecule has 3 heteroatoms. The van der Waals surface area contributed by atoms with Crippen LogP contribution >= 0.6 is 0 Å². The topological polar surface area (TPSA) is 72.3 Å². The molecule has 0 aliphatic heterocycles. The fraction of sp³-hybridized carbons (Fsp3) is 1.00. The molecular formula is C29H58N2O. The first-order valence-corrected chi connectivity index (χ1v) is 14.7. The summed E-state index contributed by atoms with van der Waals surface area (Å²) in [5.41, 5.74) is 12.2. The van der Waals surface area contributed by atoms with E-state index in [4.69, 9.17) is 11.5 Å². The van der Waals surface area contributed by atoms with E-state index in [-0.39, 0.29) is 18.2 Å². The normalized spacial score (nSPS) is 21.8. The molecule has 0 spiro atoms. The Labute approximate surface area is 200 Å². The molecule has 0 amide bonds. The standard InChI is InChI=1S/C29H58N2O/c1-3-5-17-25(21-28(32)22-26(29(30)31)18-6-4-2)27(19-23-13-9-7-10-14-23)20-24-15-11-8-12-16-24/h23-29,32H,3-22,30-31H2,1-2H3. The second kappa shape index (κ2) is 16.5. The minimum atomic E-state index is -0.300. The Morgan fingerprint density at radius 1 is 0.656 bits per heavy atom. The molecule has 3 nitrogen and oxygen atoms in total. The van der Waals surface area contributed by atoms with Gasteiger partial charge in [-0.15, -0.1) is 0 Å². The van der Waals surface area contributed by atoms with E-state index >= 15 is 0 Å². The fourth-order valence-electron chi connectivity index (χ4n) is 6.92. The summed E-state index contributed by atoms with van der Waals surface area (Å²) >= 11 is 0. The number of rotatable bonds is 16. The number of nitrogens with two attached hydrogens (primary N) is 2. The summed E-state index contributed by atoms with van der Waals surface area (Å²) in [5.74, 6) is 3.62. The highest BCUT2D eigenvalue weighted by Crippen LogP contribution is 2.41. The Balaban J connectivity index is 2.04. The average molecular weight is 451 g/mol. The molecule has 3 atom stereocenters. The molecule has 0 radical (unpaired) electrons. The number of aliphatic hydroxyl groups excluding tert-OH is 1. The van der Waals surface area contributed by atoms with Crippen molar-refractivity contribution in [2.24, 2.45) is 41.1 Å². The van der Waals surface area contributed by atoms with Crippen molar-refractivity contribution < 1.29 is 5.11 Å². The van der Waals surface area contributed by atoms with Gasteiger partial charge in [-0.2, -0.15) is 0 Å². The third-order valence-corrected chi connectivity index (χ3v) is 8.94. The number of hydrogen-bond donors (Lipinski definition) is 3. The number of hydrogen-bond acceptors (Lipinski definition) is 3. The summed E-state index contributed by atoms with van der Waals surface area (Å²) in [6.07, 6.45) is 25.8. The van der Waals surface area contributed by atoms with Crippen molar-refractivity contribution in [3.8, 4) is 0 Å². The van der Waals surface area contributed by atoms with Gasteiger partial charge in [0, 0.05) is 0 Å². The predicted molar refractivity (Wildman–Crippen MR) is 139 cm³/mol. The third kappa shape index (κ3) is 10.9. The van der Waals surface area contributed by atoms with Crippen molar-refractivity contribution in [3.05, 3.63) is 0 Å². The van der Waals surface area contributed by atoms with E-state index in [1.54, 1.807) is 0 Å². The van der Waals surface area contributed by atoms with E-state index < -0.39 is 0 Å². The van der Waals surface area contributed by atoms with E-state index in [0.717, 1.165) is 43.4 Å². The zero-order chi connectivity index (χ0) is 23.2. The maximum atomic E-state index is 11.2. The largest absolute Gasteiger partial charge is 0.393 e. The van der Waals surface area contributed by atoms with Gasteiger partial charge in [0.15, 0.2) is 0 Å². The van der Waals surface area contributed by atoms with E-state index in [1.165, 1.54) is 103 Å². The van der Waals surface area contributed by atoms with Crippen LogP contribution in [0.5, 0.6) is 0 Å². The summed E-state index contributed by atoms with van der Waals surface area (Å²) < 4.78 is 0. The second-order valence-electron chi connectivity index (χ2n) is 11.7. The average Bonchev–Trinajstić information content (AvgIpc) is 2.80. The quantitative estimate of drug-likeness (QED) is 0.213. The van der Waals surface area contributed by atoms with Crippen LogP contribution in [-0.4, -0.2) is 17.4 Å². The Hall–Kier alpha value is -0.120. The molecule has 0 saturated heterocycles. The van der Waals surface area contributed by atoms with Crippen LogP contribution in [0.1, 0.15) is 142 Å². The molecule has 0 aromatic carbocycles. The van der Waals surface area contributed by atoms with E-state index in [1.807, 2.05) is 0 Å². The van der Waals surface area contributed by atoms with Crippen molar-refractivity contribution >= 4 is 0 Å². The molecular weight excluding hydrogens is 392 g/mol. The van der Waals surface area contributed by atoms with Gasteiger partial charge in [0.2, 0.25) is 0 Å². The van der Waals surface area contributed by atoms with E-state index in [9.17, 15) is 5.11 Å². The Morgan fingerprint density at radius 2 is 1.09 bits per heavy atom. The zero-order valence-corrected chi connectivity index (χ0v) is 21.8. The van der Waals surface area contributed by atoms with Crippen molar-refractivity contribution in [2.45, 2.75) is 155 Å². The molecule has 0 bridgehead atoms. The van der Waals surface area contributed by atoms with Crippen LogP contribution in [0.2, 0.25) is 0 Å². The van der Waals surface area contributed by atoms with Crippen LogP contribution in [0.4, 0.5) is 0 Å². The highest BCUT2D eigenvalue weighted by molar-refractivity contribution is 4.82.